The fourth-order valence-electron chi connectivity index (χ4n) is 3.10. The van der Waals surface area contributed by atoms with Gasteiger partial charge in [-0.05, 0) is 24.6 Å². The molecule has 2 amide bonds. The Balaban J connectivity index is 1.84. The SMILES string of the molecule is C=CC(=O)N1CCN(C(=O)c2c(Cl)ccc3c2OCO3)C[C@@H]1CC. The van der Waals surface area contributed by atoms with Crippen molar-refractivity contribution in [2.45, 2.75) is 19.4 Å². The van der Waals surface area contributed by atoms with Gasteiger partial charge in [0.2, 0.25) is 12.7 Å². The summed E-state index contributed by atoms with van der Waals surface area (Å²) in [6, 6.07) is 3.29. The average molecular weight is 351 g/mol. The van der Waals surface area contributed by atoms with Gasteiger partial charge in [0.1, 0.15) is 5.56 Å². The number of ether oxygens (including phenoxy) is 2. The zero-order chi connectivity index (χ0) is 17.3. The predicted octanol–water partition coefficient (Wildman–Crippen LogP) is 2.32. The molecule has 0 bridgehead atoms. The summed E-state index contributed by atoms with van der Waals surface area (Å²) in [5, 5.41) is 0.335. The number of nitrogens with zero attached hydrogens (tertiary/aromatic N) is 2. The monoisotopic (exact) mass is 350 g/mol. The van der Waals surface area contributed by atoms with E-state index in [1.54, 1.807) is 21.9 Å². The van der Waals surface area contributed by atoms with E-state index < -0.39 is 0 Å². The normalized spacial score (nSPS) is 19.3. The third-order valence-corrected chi connectivity index (χ3v) is 4.72. The molecule has 24 heavy (non-hydrogen) atoms. The molecule has 1 aromatic rings. The van der Waals surface area contributed by atoms with Gasteiger partial charge >= 0.3 is 0 Å². The zero-order valence-electron chi connectivity index (χ0n) is 13.5. The van der Waals surface area contributed by atoms with Gasteiger partial charge in [-0.15, -0.1) is 0 Å². The van der Waals surface area contributed by atoms with Crippen molar-refractivity contribution in [2.75, 3.05) is 26.4 Å². The Hall–Kier alpha value is -2.21. The number of piperazine rings is 1. The van der Waals surface area contributed by atoms with Gasteiger partial charge in [-0.3, -0.25) is 9.59 Å². The highest BCUT2D eigenvalue weighted by molar-refractivity contribution is 6.34. The Morgan fingerprint density at radius 3 is 2.88 bits per heavy atom. The van der Waals surface area contributed by atoms with Crippen molar-refractivity contribution in [3.8, 4) is 11.5 Å². The van der Waals surface area contributed by atoms with Gasteiger partial charge in [0.15, 0.2) is 11.5 Å². The van der Waals surface area contributed by atoms with Crippen molar-refractivity contribution in [2.24, 2.45) is 0 Å². The Morgan fingerprint density at radius 1 is 1.38 bits per heavy atom. The molecule has 0 saturated carbocycles. The molecule has 6 nitrogen and oxygen atoms in total. The van der Waals surface area contributed by atoms with E-state index in [0.29, 0.717) is 41.7 Å². The number of benzene rings is 1. The standard InChI is InChI=1S/C17H19ClN2O4/c1-3-11-9-19(7-8-20(11)14(21)4-2)17(22)15-12(18)5-6-13-16(15)24-10-23-13/h4-6,11H,2-3,7-10H2,1H3/t11-/m0/s1. The van der Waals surface area contributed by atoms with Crippen molar-refractivity contribution >= 4 is 23.4 Å². The molecule has 1 atom stereocenters. The summed E-state index contributed by atoms with van der Waals surface area (Å²) in [5.41, 5.74) is 0.324. The minimum atomic E-state index is -0.202. The lowest BCUT2D eigenvalue weighted by Gasteiger charge is -2.40. The van der Waals surface area contributed by atoms with Crippen LogP contribution in [-0.4, -0.2) is 54.1 Å². The third-order valence-electron chi connectivity index (χ3n) is 4.40. The molecule has 0 aromatic heterocycles. The van der Waals surface area contributed by atoms with Crippen LogP contribution in [0.15, 0.2) is 24.8 Å². The second-order valence-corrected chi connectivity index (χ2v) is 6.11. The maximum atomic E-state index is 13.0. The Labute approximate surface area is 145 Å². The molecule has 2 heterocycles. The van der Waals surface area contributed by atoms with Gasteiger partial charge in [-0.2, -0.15) is 0 Å². The molecule has 1 aromatic carbocycles. The maximum Gasteiger partial charge on any atom is 0.259 e. The molecule has 128 valence electrons. The highest BCUT2D eigenvalue weighted by Gasteiger charge is 2.34. The summed E-state index contributed by atoms with van der Waals surface area (Å²) in [4.78, 5) is 28.4. The van der Waals surface area contributed by atoms with Crippen LogP contribution in [0.1, 0.15) is 23.7 Å². The molecule has 7 heteroatoms. The number of hydrogen-bond acceptors (Lipinski definition) is 4. The zero-order valence-corrected chi connectivity index (χ0v) is 14.2. The van der Waals surface area contributed by atoms with Crippen molar-refractivity contribution in [3.05, 3.63) is 35.4 Å². The molecular formula is C17H19ClN2O4. The molecule has 0 aliphatic carbocycles. The Kier molecular flexibility index (Phi) is 4.66. The molecule has 1 saturated heterocycles. The number of halogens is 1. The summed E-state index contributed by atoms with van der Waals surface area (Å²) >= 11 is 6.23. The summed E-state index contributed by atoms with van der Waals surface area (Å²) in [6.45, 7) is 6.97. The van der Waals surface area contributed by atoms with E-state index in [4.69, 9.17) is 21.1 Å². The number of hydrogen-bond donors (Lipinski definition) is 0. The lowest BCUT2D eigenvalue weighted by atomic mass is 10.1. The van der Waals surface area contributed by atoms with Crippen molar-refractivity contribution in [3.63, 3.8) is 0 Å². The first-order valence-corrected chi connectivity index (χ1v) is 8.25. The highest BCUT2D eigenvalue weighted by atomic mass is 35.5. The number of amides is 2. The number of carbonyl (C=O) groups excluding carboxylic acids is 2. The largest absolute Gasteiger partial charge is 0.454 e. The van der Waals surface area contributed by atoms with E-state index in [2.05, 4.69) is 6.58 Å². The fraction of sp³-hybridized carbons (Fsp3) is 0.412. The van der Waals surface area contributed by atoms with Gasteiger partial charge in [0.25, 0.3) is 5.91 Å². The second kappa shape index (κ2) is 6.73. The van der Waals surface area contributed by atoms with Crippen LogP contribution in [0.4, 0.5) is 0 Å². The molecule has 0 radical (unpaired) electrons. The number of carbonyl (C=O) groups is 2. The van der Waals surface area contributed by atoms with Crippen molar-refractivity contribution < 1.29 is 19.1 Å². The van der Waals surface area contributed by atoms with Gasteiger partial charge in [0.05, 0.1) is 5.02 Å². The predicted molar refractivity (Wildman–Crippen MR) is 89.5 cm³/mol. The molecule has 2 aliphatic heterocycles. The molecular weight excluding hydrogens is 332 g/mol. The van der Waals surface area contributed by atoms with Crippen LogP contribution in [0.3, 0.4) is 0 Å². The summed E-state index contributed by atoms with van der Waals surface area (Å²) < 4.78 is 10.7. The van der Waals surface area contributed by atoms with Crippen LogP contribution in [-0.2, 0) is 4.79 Å². The van der Waals surface area contributed by atoms with Crippen LogP contribution in [0.5, 0.6) is 11.5 Å². The molecule has 2 aliphatic rings. The number of fused-ring (bicyclic) bond motifs is 1. The molecule has 0 N–H and O–H groups in total. The molecule has 1 fully saturated rings. The first-order chi connectivity index (χ1) is 11.6. The average Bonchev–Trinajstić information content (AvgIpc) is 3.08. The number of rotatable bonds is 3. The van der Waals surface area contributed by atoms with E-state index in [1.807, 2.05) is 6.92 Å². The van der Waals surface area contributed by atoms with Gasteiger partial charge in [0, 0.05) is 25.7 Å². The lowest BCUT2D eigenvalue weighted by molar-refractivity contribution is -0.130. The highest BCUT2D eigenvalue weighted by Crippen LogP contribution is 2.40. The smallest absolute Gasteiger partial charge is 0.259 e. The maximum absolute atomic E-state index is 13.0. The van der Waals surface area contributed by atoms with Crippen LogP contribution < -0.4 is 9.47 Å². The van der Waals surface area contributed by atoms with Crippen LogP contribution in [0.25, 0.3) is 0 Å². The second-order valence-electron chi connectivity index (χ2n) is 5.71. The van der Waals surface area contributed by atoms with Gasteiger partial charge in [-0.25, -0.2) is 0 Å². The topological polar surface area (TPSA) is 59.1 Å². The minimum absolute atomic E-state index is 0.0408. The van der Waals surface area contributed by atoms with Crippen molar-refractivity contribution in [1.82, 2.24) is 9.80 Å². The van der Waals surface area contributed by atoms with E-state index in [-0.39, 0.29) is 24.6 Å². The lowest BCUT2D eigenvalue weighted by Crippen LogP contribution is -2.56. The van der Waals surface area contributed by atoms with Gasteiger partial charge < -0.3 is 19.3 Å². The van der Waals surface area contributed by atoms with E-state index >= 15 is 0 Å². The van der Waals surface area contributed by atoms with E-state index in [1.165, 1.54) is 6.08 Å². The van der Waals surface area contributed by atoms with Crippen LogP contribution in [0.2, 0.25) is 5.02 Å². The summed E-state index contributed by atoms with van der Waals surface area (Å²) in [6.07, 6.45) is 2.07. The fourth-order valence-corrected chi connectivity index (χ4v) is 3.33. The molecule has 0 spiro atoms. The quantitative estimate of drug-likeness (QED) is 0.785. The van der Waals surface area contributed by atoms with Crippen LogP contribution >= 0.6 is 11.6 Å². The summed E-state index contributed by atoms with van der Waals surface area (Å²) in [7, 11) is 0. The van der Waals surface area contributed by atoms with Crippen LogP contribution in [0, 0.1) is 0 Å². The molecule has 3 rings (SSSR count). The van der Waals surface area contributed by atoms with Crippen molar-refractivity contribution in [1.29, 1.82) is 0 Å². The molecule has 0 unspecified atom stereocenters. The first-order valence-electron chi connectivity index (χ1n) is 7.87. The van der Waals surface area contributed by atoms with Gasteiger partial charge in [-0.1, -0.05) is 25.1 Å². The summed E-state index contributed by atoms with van der Waals surface area (Å²) in [5.74, 6) is 0.608. The first kappa shape index (κ1) is 16.6. The Bertz CT molecular complexity index is 691. The Morgan fingerprint density at radius 2 is 2.17 bits per heavy atom. The van der Waals surface area contributed by atoms with E-state index in [0.717, 1.165) is 6.42 Å². The van der Waals surface area contributed by atoms with E-state index in [9.17, 15) is 9.59 Å². The minimum Gasteiger partial charge on any atom is -0.454 e. The third kappa shape index (κ3) is 2.82.